The smallest absolute Gasteiger partial charge is 0.293 e. The van der Waals surface area contributed by atoms with E-state index in [1.807, 2.05) is 17.5 Å². The largest absolute Gasteiger partial charge is 0.416 e. The summed E-state index contributed by atoms with van der Waals surface area (Å²) in [6, 6.07) is 9.91. The molecule has 1 unspecified atom stereocenters. The normalized spacial score (nSPS) is 12.9. The van der Waals surface area contributed by atoms with Crippen molar-refractivity contribution in [3.8, 4) is 6.07 Å². The molecule has 2 rings (SSSR count). The van der Waals surface area contributed by atoms with Gasteiger partial charge >= 0.3 is 6.18 Å². The molecule has 0 aliphatic carbocycles. The van der Waals surface area contributed by atoms with Crippen molar-refractivity contribution in [3.63, 3.8) is 0 Å². The van der Waals surface area contributed by atoms with Crippen molar-refractivity contribution < 1.29 is 13.2 Å². The van der Waals surface area contributed by atoms with Crippen molar-refractivity contribution in [2.45, 2.75) is 18.8 Å². The molecule has 0 bridgehead atoms. The summed E-state index contributed by atoms with van der Waals surface area (Å²) in [5.74, 6) is 0. The Morgan fingerprint density at radius 3 is 2.40 bits per heavy atom. The Labute approximate surface area is 118 Å². The van der Waals surface area contributed by atoms with E-state index in [1.165, 1.54) is 12.1 Å². The van der Waals surface area contributed by atoms with Crippen LogP contribution in [0.2, 0.25) is 0 Å². The highest BCUT2D eigenvalue weighted by atomic mass is 32.1. The second-order valence-electron chi connectivity index (χ2n) is 4.14. The molecule has 1 atom stereocenters. The average molecular weight is 296 g/mol. The first-order valence-electron chi connectivity index (χ1n) is 5.83. The lowest BCUT2D eigenvalue weighted by molar-refractivity contribution is -0.137. The molecule has 6 heteroatoms. The van der Waals surface area contributed by atoms with Crippen molar-refractivity contribution in [2.24, 2.45) is 0 Å². The van der Waals surface area contributed by atoms with Crippen molar-refractivity contribution in [1.29, 1.82) is 5.26 Å². The molecule has 0 aliphatic rings. The topological polar surface area (TPSA) is 35.8 Å². The SMILES string of the molecule is N#CC(NCc1cccs1)c1ccc(C(F)(F)F)cc1. The fraction of sp³-hybridized carbons (Fsp3) is 0.214. The van der Waals surface area contributed by atoms with Gasteiger partial charge in [0.15, 0.2) is 0 Å². The Balaban J connectivity index is 2.06. The third-order valence-electron chi connectivity index (χ3n) is 2.76. The molecule has 1 N–H and O–H groups in total. The predicted molar refractivity (Wildman–Crippen MR) is 71.0 cm³/mol. The lowest BCUT2D eigenvalue weighted by Crippen LogP contribution is -2.19. The second-order valence-corrected chi connectivity index (χ2v) is 5.17. The van der Waals surface area contributed by atoms with Gasteiger partial charge in [-0.05, 0) is 29.1 Å². The lowest BCUT2D eigenvalue weighted by Gasteiger charge is -2.12. The standard InChI is InChI=1S/C14H11F3N2S/c15-14(16,17)11-5-3-10(4-6-11)13(8-18)19-9-12-2-1-7-20-12/h1-7,13,19H,9H2. The maximum Gasteiger partial charge on any atom is 0.416 e. The van der Waals surface area contributed by atoms with Crippen LogP contribution in [0.15, 0.2) is 41.8 Å². The van der Waals surface area contributed by atoms with Crippen LogP contribution in [0.3, 0.4) is 0 Å². The number of nitrogens with one attached hydrogen (secondary N) is 1. The number of benzene rings is 1. The van der Waals surface area contributed by atoms with Crippen molar-refractivity contribution in [1.82, 2.24) is 5.32 Å². The maximum atomic E-state index is 12.5. The molecule has 104 valence electrons. The Hall–Kier alpha value is -1.84. The first-order chi connectivity index (χ1) is 9.50. The second kappa shape index (κ2) is 6.07. The van der Waals surface area contributed by atoms with Crippen molar-refractivity contribution in [3.05, 3.63) is 57.8 Å². The minimum Gasteiger partial charge on any atom is -0.293 e. The minimum atomic E-state index is -4.36. The van der Waals surface area contributed by atoms with E-state index in [9.17, 15) is 13.2 Å². The molecule has 0 radical (unpaired) electrons. The van der Waals surface area contributed by atoms with Gasteiger partial charge in [0.05, 0.1) is 11.6 Å². The maximum absolute atomic E-state index is 12.5. The van der Waals surface area contributed by atoms with Gasteiger partial charge in [0.1, 0.15) is 6.04 Å². The van der Waals surface area contributed by atoms with Crippen LogP contribution in [0, 0.1) is 11.3 Å². The van der Waals surface area contributed by atoms with E-state index in [0.29, 0.717) is 12.1 Å². The highest BCUT2D eigenvalue weighted by molar-refractivity contribution is 7.09. The van der Waals surface area contributed by atoms with Gasteiger partial charge < -0.3 is 0 Å². The molecule has 1 heterocycles. The lowest BCUT2D eigenvalue weighted by atomic mass is 10.1. The molecule has 1 aromatic heterocycles. The van der Waals surface area contributed by atoms with Gasteiger partial charge in [-0.15, -0.1) is 11.3 Å². The Morgan fingerprint density at radius 1 is 1.20 bits per heavy atom. The van der Waals surface area contributed by atoms with Crippen LogP contribution in [-0.2, 0) is 12.7 Å². The van der Waals surface area contributed by atoms with E-state index >= 15 is 0 Å². The van der Waals surface area contributed by atoms with Crippen LogP contribution < -0.4 is 5.32 Å². The molecule has 0 saturated heterocycles. The number of hydrogen-bond donors (Lipinski definition) is 1. The summed E-state index contributed by atoms with van der Waals surface area (Å²) in [7, 11) is 0. The molecule has 20 heavy (non-hydrogen) atoms. The summed E-state index contributed by atoms with van der Waals surface area (Å²) in [6.07, 6.45) is -4.36. The summed E-state index contributed by atoms with van der Waals surface area (Å²) in [5, 5.41) is 14.0. The average Bonchev–Trinajstić information content (AvgIpc) is 2.92. The van der Waals surface area contributed by atoms with Gasteiger partial charge in [-0.3, -0.25) is 5.32 Å². The van der Waals surface area contributed by atoms with E-state index < -0.39 is 17.8 Å². The molecule has 0 spiro atoms. The van der Waals surface area contributed by atoms with Crippen LogP contribution >= 0.6 is 11.3 Å². The Kier molecular flexibility index (Phi) is 4.42. The number of halogens is 3. The zero-order valence-electron chi connectivity index (χ0n) is 10.3. The van der Waals surface area contributed by atoms with E-state index in [0.717, 1.165) is 17.0 Å². The highest BCUT2D eigenvalue weighted by Crippen LogP contribution is 2.29. The van der Waals surface area contributed by atoms with Crippen LogP contribution in [0.25, 0.3) is 0 Å². The fourth-order valence-electron chi connectivity index (χ4n) is 1.72. The van der Waals surface area contributed by atoms with Gasteiger partial charge in [0.25, 0.3) is 0 Å². The Bertz CT molecular complexity index is 582. The van der Waals surface area contributed by atoms with E-state index in [2.05, 4.69) is 11.4 Å². The van der Waals surface area contributed by atoms with Crippen molar-refractivity contribution in [2.75, 3.05) is 0 Å². The molecule has 1 aromatic carbocycles. The van der Waals surface area contributed by atoms with Crippen molar-refractivity contribution >= 4 is 11.3 Å². The first-order valence-corrected chi connectivity index (χ1v) is 6.71. The molecule has 2 nitrogen and oxygen atoms in total. The Morgan fingerprint density at radius 2 is 1.90 bits per heavy atom. The molecule has 0 aliphatic heterocycles. The van der Waals surface area contributed by atoms with Gasteiger partial charge in [-0.25, -0.2) is 0 Å². The van der Waals surface area contributed by atoms with Gasteiger partial charge in [-0.1, -0.05) is 18.2 Å². The molecule has 2 aromatic rings. The first kappa shape index (κ1) is 14.6. The fourth-order valence-corrected chi connectivity index (χ4v) is 2.37. The number of nitrogens with zero attached hydrogens (tertiary/aromatic N) is 1. The number of rotatable bonds is 4. The molecule has 0 fully saturated rings. The van der Waals surface area contributed by atoms with Crippen LogP contribution in [0.1, 0.15) is 22.0 Å². The predicted octanol–water partition coefficient (Wildman–Crippen LogP) is 4.12. The molecule has 0 saturated carbocycles. The zero-order valence-corrected chi connectivity index (χ0v) is 11.1. The van der Waals surface area contributed by atoms with E-state index in [4.69, 9.17) is 5.26 Å². The number of hydrogen-bond acceptors (Lipinski definition) is 3. The quantitative estimate of drug-likeness (QED) is 0.921. The van der Waals surface area contributed by atoms with Gasteiger partial charge in [0, 0.05) is 11.4 Å². The third-order valence-corrected chi connectivity index (χ3v) is 3.64. The molecular weight excluding hydrogens is 285 g/mol. The summed E-state index contributed by atoms with van der Waals surface area (Å²) in [4.78, 5) is 1.07. The number of alkyl halides is 3. The summed E-state index contributed by atoms with van der Waals surface area (Å²) < 4.78 is 37.4. The summed E-state index contributed by atoms with van der Waals surface area (Å²) >= 11 is 1.56. The summed E-state index contributed by atoms with van der Waals surface area (Å²) in [6.45, 7) is 0.511. The zero-order chi connectivity index (χ0) is 14.6. The molecular formula is C14H11F3N2S. The van der Waals surface area contributed by atoms with E-state index in [-0.39, 0.29) is 0 Å². The number of thiophene rings is 1. The minimum absolute atomic E-state index is 0.511. The number of nitriles is 1. The van der Waals surface area contributed by atoms with E-state index in [1.54, 1.807) is 11.3 Å². The monoisotopic (exact) mass is 296 g/mol. The third kappa shape index (κ3) is 3.59. The van der Waals surface area contributed by atoms with Gasteiger partial charge in [0.2, 0.25) is 0 Å². The highest BCUT2D eigenvalue weighted by Gasteiger charge is 2.30. The summed E-state index contributed by atoms with van der Waals surface area (Å²) in [5.41, 5.74) is -0.187. The van der Waals surface area contributed by atoms with Crippen LogP contribution in [0.4, 0.5) is 13.2 Å². The molecule has 0 amide bonds. The van der Waals surface area contributed by atoms with Crippen LogP contribution in [-0.4, -0.2) is 0 Å². The van der Waals surface area contributed by atoms with Gasteiger partial charge in [-0.2, -0.15) is 18.4 Å². The van der Waals surface area contributed by atoms with Crippen LogP contribution in [0.5, 0.6) is 0 Å².